The minimum Gasteiger partial charge on any atom is -0.543 e. The lowest BCUT2D eigenvalue weighted by Crippen LogP contribution is -3.11. The van der Waals surface area contributed by atoms with E-state index in [4.69, 9.17) is 0 Å². The predicted octanol–water partition coefficient (Wildman–Crippen LogP) is 0.742. The Morgan fingerprint density at radius 3 is 2.81 bits per heavy atom. The lowest BCUT2D eigenvalue weighted by Gasteiger charge is -2.23. The van der Waals surface area contributed by atoms with Gasteiger partial charge >= 0.3 is 0 Å². The second kappa shape index (κ2) is 6.37. The molecule has 0 unspecified atom stereocenters. The highest BCUT2D eigenvalue weighted by atomic mass is 32.1. The molecule has 1 saturated heterocycles. The van der Waals surface area contributed by atoms with Gasteiger partial charge < -0.3 is 14.8 Å². The number of hydrogen-bond acceptors (Lipinski definition) is 4. The molecule has 0 aliphatic carbocycles. The van der Waals surface area contributed by atoms with Crippen molar-refractivity contribution in [2.75, 3.05) is 13.1 Å². The van der Waals surface area contributed by atoms with Gasteiger partial charge in [-0.2, -0.15) is 0 Å². The molecule has 0 radical (unpaired) electrons. The topological polar surface area (TPSA) is 57.5 Å². The maximum atomic E-state index is 10.8. The van der Waals surface area contributed by atoms with Crippen LogP contribution in [-0.4, -0.2) is 24.0 Å². The quantitative estimate of drug-likeness (QED) is 0.906. The zero-order valence-electron chi connectivity index (χ0n) is 11.8. The minimum absolute atomic E-state index is 0.0158. The average molecular weight is 302 g/mol. The van der Waals surface area contributed by atoms with Crippen LogP contribution in [0.4, 0.5) is 0 Å². The Labute approximate surface area is 128 Å². The molecule has 1 N–H and O–H groups in total. The van der Waals surface area contributed by atoms with E-state index in [2.05, 4.69) is 17.1 Å². The van der Waals surface area contributed by atoms with Gasteiger partial charge in [0.2, 0.25) is 0 Å². The number of hydrogen-bond donors (Lipinski definition) is 1. The van der Waals surface area contributed by atoms with Crippen molar-refractivity contribution in [2.45, 2.75) is 25.8 Å². The number of thiazole rings is 1. The van der Waals surface area contributed by atoms with E-state index < -0.39 is 5.97 Å². The van der Waals surface area contributed by atoms with Crippen molar-refractivity contribution in [3.05, 3.63) is 40.9 Å². The van der Waals surface area contributed by atoms with Gasteiger partial charge in [0, 0.05) is 16.5 Å². The molecule has 0 amide bonds. The summed E-state index contributed by atoms with van der Waals surface area (Å²) in [4.78, 5) is 16.6. The molecule has 2 aromatic rings. The Balaban J connectivity index is 1.76. The number of piperidine rings is 1. The zero-order chi connectivity index (χ0) is 14.7. The molecule has 4 nitrogen and oxygen atoms in total. The van der Waals surface area contributed by atoms with E-state index in [0.717, 1.165) is 17.1 Å². The molecule has 2 heterocycles. The molecule has 3 rings (SSSR count). The van der Waals surface area contributed by atoms with Crippen molar-refractivity contribution in [1.82, 2.24) is 4.98 Å². The number of nitrogens with one attached hydrogen (secondary N) is 1. The maximum Gasteiger partial charge on any atom is 0.124 e. The van der Waals surface area contributed by atoms with Gasteiger partial charge in [-0.3, -0.25) is 0 Å². The third kappa shape index (κ3) is 3.49. The van der Waals surface area contributed by atoms with E-state index in [9.17, 15) is 9.90 Å². The van der Waals surface area contributed by atoms with Gasteiger partial charge in [-0.15, -0.1) is 11.3 Å². The molecule has 0 bridgehead atoms. The molecule has 1 fully saturated rings. The maximum absolute atomic E-state index is 10.8. The van der Waals surface area contributed by atoms with Crippen LogP contribution in [0.3, 0.4) is 0 Å². The fourth-order valence-corrected chi connectivity index (χ4v) is 3.62. The number of benzene rings is 1. The number of carbonyl (C=O) groups is 1. The molecule has 0 atom stereocenters. The number of likely N-dealkylation sites (tertiary alicyclic amines) is 1. The number of aromatic carboxylic acids is 1. The van der Waals surface area contributed by atoms with Crippen LogP contribution in [0.25, 0.3) is 10.6 Å². The lowest BCUT2D eigenvalue weighted by molar-refractivity contribution is -0.918. The third-order valence-corrected chi connectivity index (χ3v) is 4.79. The van der Waals surface area contributed by atoms with E-state index in [1.54, 1.807) is 4.90 Å². The van der Waals surface area contributed by atoms with Crippen LogP contribution in [0.5, 0.6) is 0 Å². The van der Waals surface area contributed by atoms with Crippen LogP contribution in [0.2, 0.25) is 0 Å². The summed E-state index contributed by atoms with van der Waals surface area (Å²) in [5.74, 6) is -1.22. The van der Waals surface area contributed by atoms with E-state index in [1.807, 2.05) is 12.1 Å². The first-order valence-electron chi connectivity index (χ1n) is 7.32. The summed E-state index contributed by atoms with van der Waals surface area (Å²) in [5.41, 5.74) is 2.29. The van der Waals surface area contributed by atoms with Crippen LogP contribution in [0.15, 0.2) is 29.6 Å². The second-order valence-corrected chi connectivity index (χ2v) is 6.37. The molecule has 21 heavy (non-hydrogen) atoms. The summed E-state index contributed by atoms with van der Waals surface area (Å²) < 4.78 is 0. The first-order chi connectivity index (χ1) is 10.2. The average Bonchev–Trinajstić information content (AvgIpc) is 2.99. The number of aromatic nitrogens is 1. The van der Waals surface area contributed by atoms with Crippen LogP contribution >= 0.6 is 11.3 Å². The molecule has 5 heteroatoms. The summed E-state index contributed by atoms with van der Waals surface area (Å²) in [6, 6.07) is 8.26. The van der Waals surface area contributed by atoms with Gasteiger partial charge in [-0.05, 0) is 25.3 Å². The van der Waals surface area contributed by atoms with Crippen LogP contribution in [-0.2, 0) is 6.54 Å². The van der Waals surface area contributed by atoms with Gasteiger partial charge in [0.05, 0.1) is 24.8 Å². The lowest BCUT2D eigenvalue weighted by atomic mass is 10.1. The number of carboxylic acids is 1. The highest BCUT2D eigenvalue weighted by molar-refractivity contribution is 7.13. The summed E-state index contributed by atoms with van der Waals surface area (Å²) in [5, 5.41) is 13.1. The van der Waals surface area contributed by atoms with Crippen LogP contribution in [0.1, 0.15) is 35.3 Å². The van der Waals surface area contributed by atoms with Gasteiger partial charge in [0.1, 0.15) is 11.6 Å². The fourth-order valence-electron chi connectivity index (χ4n) is 2.83. The van der Waals surface area contributed by atoms with Gasteiger partial charge in [-0.1, -0.05) is 18.2 Å². The van der Waals surface area contributed by atoms with Gasteiger partial charge in [0.25, 0.3) is 0 Å². The first kappa shape index (κ1) is 14.2. The number of nitrogens with zero attached hydrogens (tertiary/aromatic N) is 1. The number of rotatable bonds is 4. The van der Waals surface area contributed by atoms with E-state index >= 15 is 0 Å². The van der Waals surface area contributed by atoms with Gasteiger partial charge in [0.15, 0.2) is 0 Å². The van der Waals surface area contributed by atoms with Crippen molar-refractivity contribution in [1.29, 1.82) is 0 Å². The molecule has 1 aromatic carbocycles. The van der Waals surface area contributed by atoms with E-state index in [1.165, 1.54) is 54.6 Å². The summed E-state index contributed by atoms with van der Waals surface area (Å²) in [6.45, 7) is 3.53. The van der Waals surface area contributed by atoms with Crippen molar-refractivity contribution in [3.8, 4) is 10.6 Å². The zero-order valence-corrected chi connectivity index (χ0v) is 12.6. The number of carbonyl (C=O) groups excluding carboxylic acids is 1. The molecule has 110 valence electrons. The third-order valence-electron chi connectivity index (χ3n) is 3.90. The van der Waals surface area contributed by atoms with Crippen molar-refractivity contribution in [3.63, 3.8) is 0 Å². The first-order valence-corrected chi connectivity index (χ1v) is 8.20. The summed E-state index contributed by atoms with van der Waals surface area (Å²) in [6.07, 6.45) is 3.99. The molecular weight excluding hydrogens is 284 g/mol. The Bertz CT molecular complexity index is 633. The highest BCUT2D eigenvalue weighted by Crippen LogP contribution is 2.24. The molecule has 1 aliphatic heterocycles. The Kier molecular flexibility index (Phi) is 4.31. The van der Waals surface area contributed by atoms with Crippen molar-refractivity contribution >= 4 is 17.3 Å². The SMILES string of the molecule is O=C([O-])c1csc(-c2cccc(C[NH+]3CCCCC3)c2)n1. The summed E-state index contributed by atoms with van der Waals surface area (Å²) >= 11 is 1.35. The van der Waals surface area contributed by atoms with E-state index in [0.29, 0.717) is 0 Å². The highest BCUT2D eigenvalue weighted by Gasteiger charge is 2.14. The fraction of sp³-hybridized carbons (Fsp3) is 0.375. The molecule has 1 aliphatic rings. The van der Waals surface area contributed by atoms with Crippen molar-refractivity contribution < 1.29 is 14.8 Å². The number of carboxylic acid groups (broad SMARTS) is 1. The van der Waals surface area contributed by atoms with Gasteiger partial charge in [-0.25, -0.2) is 4.98 Å². The predicted molar refractivity (Wildman–Crippen MR) is 80.1 cm³/mol. The number of quaternary nitrogens is 1. The Hall–Kier alpha value is -1.72. The molecule has 0 spiro atoms. The van der Waals surface area contributed by atoms with Crippen molar-refractivity contribution in [2.24, 2.45) is 0 Å². The summed E-state index contributed by atoms with van der Waals surface area (Å²) in [7, 11) is 0. The normalized spacial score (nSPS) is 16.0. The van der Waals surface area contributed by atoms with Crippen LogP contribution in [0, 0.1) is 0 Å². The Morgan fingerprint density at radius 2 is 2.10 bits per heavy atom. The second-order valence-electron chi connectivity index (χ2n) is 5.51. The standard InChI is InChI=1S/C16H18N2O2S/c19-16(20)14-11-21-15(17-14)13-6-4-5-12(9-13)10-18-7-2-1-3-8-18/h4-6,9,11H,1-3,7-8,10H2,(H,19,20). The smallest absolute Gasteiger partial charge is 0.124 e. The van der Waals surface area contributed by atoms with Crippen LogP contribution < -0.4 is 10.0 Å². The largest absolute Gasteiger partial charge is 0.543 e. The van der Waals surface area contributed by atoms with E-state index in [-0.39, 0.29) is 5.69 Å². The molecule has 0 saturated carbocycles. The molecule has 1 aromatic heterocycles. The minimum atomic E-state index is -1.22. The Morgan fingerprint density at radius 1 is 1.29 bits per heavy atom. The molecular formula is C16H18N2O2S. The monoisotopic (exact) mass is 302 g/mol.